The van der Waals surface area contributed by atoms with Gasteiger partial charge in [0.1, 0.15) is 5.54 Å². The van der Waals surface area contributed by atoms with Crippen LogP contribution in [0.1, 0.15) is 42.7 Å². The minimum absolute atomic E-state index is 0. The molecule has 1 unspecified atom stereocenters. The first-order chi connectivity index (χ1) is 13.5. The molecule has 4 rings (SSSR count). The van der Waals surface area contributed by atoms with Crippen molar-refractivity contribution in [2.24, 2.45) is 17.6 Å². The number of carboxylic acids is 1. The number of fused-ring (bicyclic) bond motifs is 3. The molecule has 2 aromatic carbocycles. The van der Waals surface area contributed by atoms with Gasteiger partial charge in [0, 0.05) is 5.92 Å². The van der Waals surface area contributed by atoms with Crippen molar-refractivity contribution < 1.29 is 19.4 Å². The van der Waals surface area contributed by atoms with Crippen LogP contribution in [0.5, 0.6) is 0 Å². The molecule has 6 heteroatoms. The molecular weight excluding hydrogens is 377 g/mol. The summed E-state index contributed by atoms with van der Waals surface area (Å²) in [5.74, 6) is -2.00. The van der Waals surface area contributed by atoms with Crippen LogP contribution < -0.4 is 5.73 Å². The second kappa shape index (κ2) is 8.60. The van der Waals surface area contributed by atoms with Crippen molar-refractivity contribution in [1.82, 2.24) is 0 Å². The molecule has 5 nitrogen and oxygen atoms in total. The van der Waals surface area contributed by atoms with Crippen LogP contribution in [-0.2, 0) is 14.3 Å². The van der Waals surface area contributed by atoms with Gasteiger partial charge in [-0.05, 0) is 53.9 Å². The molecule has 0 amide bonds. The van der Waals surface area contributed by atoms with Crippen LogP contribution in [-0.4, -0.2) is 59.3 Å². The van der Waals surface area contributed by atoms with E-state index < -0.39 is 17.5 Å². The fraction of sp³-hybridized carbons (Fsp3) is 0.391. The fourth-order valence-electron chi connectivity index (χ4n) is 5.19. The van der Waals surface area contributed by atoms with Gasteiger partial charge in [-0.2, -0.15) is 0 Å². The Balaban J connectivity index is 0.00000240. The number of nitrogens with two attached hydrogens (primary N) is 1. The Bertz CT molecular complexity index is 877. The molecule has 148 valence electrons. The van der Waals surface area contributed by atoms with Crippen LogP contribution >= 0.6 is 0 Å². The van der Waals surface area contributed by atoms with Gasteiger partial charge < -0.3 is 15.6 Å². The molecule has 2 aliphatic rings. The van der Waals surface area contributed by atoms with Crippen molar-refractivity contribution >= 4 is 41.5 Å². The topological polar surface area (TPSA) is 89.6 Å². The van der Waals surface area contributed by atoms with Gasteiger partial charge in [0.25, 0.3) is 0 Å². The van der Waals surface area contributed by atoms with Gasteiger partial charge in [-0.15, -0.1) is 0 Å². The van der Waals surface area contributed by atoms with Crippen molar-refractivity contribution in [3.8, 4) is 11.1 Å². The first-order valence-corrected chi connectivity index (χ1v) is 9.76. The monoisotopic (exact) mass is 403 g/mol. The molecule has 1 atom stereocenters. The van der Waals surface area contributed by atoms with E-state index in [1.807, 2.05) is 36.4 Å². The number of carbonyl (C=O) groups excluding carboxylic acids is 1. The van der Waals surface area contributed by atoms with Gasteiger partial charge in [-0.1, -0.05) is 48.5 Å². The Labute approximate surface area is 192 Å². The maximum absolute atomic E-state index is 13.1. The molecule has 2 aliphatic carbocycles. The molecule has 29 heavy (non-hydrogen) atoms. The van der Waals surface area contributed by atoms with Gasteiger partial charge in [-0.25, -0.2) is 0 Å². The van der Waals surface area contributed by atoms with Gasteiger partial charge in [0.05, 0.1) is 13.0 Å². The van der Waals surface area contributed by atoms with E-state index in [1.165, 1.54) is 7.11 Å². The number of carboxylic acid groups (broad SMARTS) is 1. The third-order valence-electron chi connectivity index (χ3n) is 6.60. The number of hydrogen-bond acceptors (Lipinski definition) is 4. The molecule has 0 aromatic heterocycles. The predicted octanol–water partition coefficient (Wildman–Crippen LogP) is 2.91. The average molecular weight is 403 g/mol. The molecule has 0 spiro atoms. The van der Waals surface area contributed by atoms with Crippen LogP contribution in [0.15, 0.2) is 48.5 Å². The van der Waals surface area contributed by atoms with Crippen molar-refractivity contribution in [3.63, 3.8) is 0 Å². The molecule has 0 aliphatic heterocycles. The first kappa shape index (κ1) is 22.0. The van der Waals surface area contributed by atoms with Gasteiger partial charge >= 0.3 is 41.5 Å². The number of benzene rings is 2. The molecule has 1 saturated carbocycles. The summed E-state index contributed by atoms with van der Waals surface area (Å²) in [7, 11) is 1.37. The third kappa shape index (κ3) is 3.55. The summed E-state index contributed by atoms with van der Waals surface area (Å²) in [4.78, 5) is 24.5. The second-order valence-corrected chi connectivity index (χ2v) is 7.92. The van der Waals surface area contributed by atoms with Crippen molar-refractivity contribution in [2.75, 3.05) is 7.11 Å². The van der Waals surface area contributed by atoms with E-state index in [0.29, 0.717) is 25.7 Å². The number of rotatable bonds is 4. The standard InChI is InChI=1S/C23H25NO4.Na.H/c1-28-22(27)23(24,15-12-10-14(11-13-15)21(25)26)20-18-8-4-2-6-16(18)17-7-3-5-9-19(17)20;;/h2-9,14-15,20H,10-13,24H2,1H3,(H,25,26);;/t14-,15-,23?;;. The van der Waals surface area contributed by atoms with E-state index >= 15 is 0 Å². The Hall–Kier alpha value is -1.66. The molecule has 0 heterocycles. The molecule has 2 aromatic rings. The van der Waals surface area contributed by atoms with E-state index in [1.54, 1.807) is 0 Å². The molecular formula is C23H26NNaO4. The Morgan fingerprint density at radius 1 is 0.966 bits per heavy atom. The fourth-order valence-corrected chi connectivity index (χ4v) is 5.19. The number of aliphatic carboxylic acids is 1. The van der Waals surface area contributed by atoms with E-state index in [9.17, 15) is 14.7 Å². The van der Waals surface area contributed by atoms with Gasteiger partial charge in [-0.3, -0.25) is 9.59 Å². The maximum atomic E-state index is 13.1. The number of esters is 1. The third-order valence-corrected chi connectivity index (χ3v) is 6.60. The summed E-state index contributed by atoms with van der Waals surface area (Å²) in [5.41, 5.74) is 10.0. The molecule has 1 fully saturated rings. The summed E-state index contributed by atoms with van der Waals surface area (Å²) < 4.78 is 5.21. The van der Waals surface area contributed by atoms with E-state index in [4.69, 9.17) is 10.5 Å². The Morgan fingerprint density at radius 2 is 1.45 bits per heavy atom. The summed E-state index contributed by atoms with van der Waals surface area (Å²) in [6.07, 6.45) is 2.27. The Kier molecular flexibility index (Phi) is 6.54. The van der Waals surface area contributed by atoms with Crippen molar-refractivity contribution in [3.05, 3.63) is 59.7 Å². The summed E-state index contributed by atoms with van der Waals surface area (Å²) in [6, 6.07) is 16.1. The van der Waals surface area contributed by atoms with E-state index in [2.05, 4.69) is 12.1 Å². The minimum atomic E-state index is -1.24. The van der Waals surface area contributed by atoms with Gasteiger partial charge in [0.2, 0.25) is 0 Å². The Morgan fingerprint density at radius 3 is 1.90 bits per heavy atom. The molecule has 3 N–H and O–H groups in total. The normalized spacial score (nSPS) is 22.6. The van der Waals surface area contributed by atoms with Crippen molar-refractivity contribution in [2.45, 2.75) is 37.1 Å². The zero-order valence-corrected chi connectivity index (χ0v) is 15.9. The van der Waals surface area contributed by atoms with Crippen LogP contribution in [0.2, 0.25) is 0 Å². The zero-order valence-electron chi connectivity index (χ0n) is 15.9. The zero-order chi connectivity index (χ0) is 19.9. The predicted molar refractivity (Wildman–Crippen MR) is 113 cm³/mol. The van der Waals surface area contributed by atoms with Crippen LogP contribution in [0.25, 0.3) is 11.1 Å². The van der Waals surface area contributed by atoms with Crippen LogP contribution in [0, 0.1) is 11.8 Å². The molecule has 0 saturated heterocycles. The second-order valence-electron chi connectivity index (χ2n) is 7.92. The number of ether oxygens (including phenoxy) is 1. The van der Waals surface area contributed by atoms with Crippen LogP contribution in [0.3, 0.4) is 0 Å². The van der Waals surface area contributed by atoms with Crippen LogP contribution in [0.4, 0.5) is 0 Å². The average Bonchev–Trinajstić information content (AvgIpc) is 3.07. The van der Waals surface area contributed by atoms with Gasteiger partial charge in [0.15, 0.2) is 0 Å². The quantitative estimate of drug-likeness (QED) is 0.605. The number of hydrogen-bond donors (Lipinski definition) is 2. The van der Waals surface area contributed by atoms with E-state index in [-0.39, 0.29) is 47.3 Å². The summed E-state index contributed by atoms with van der Waals surface area (Å²) in [6.45, 7) is 0. The first-order valence-electron chi connectivity index (χ1n) is 9.76. The molecule has 0 radical (unpaired) electrons. The molecule has 0 bridgehead atoms. The SMILES string of the molecule is COC(=O)C(N)(C1c2ccccc2-c2ccccc21)[C@H]1CC[C@H](C(=O)O)CC1.[NaH]. The number of methoxy groups -OCH3 is 1. The number of carbonyl (C=O) groups is 2. The van der Waals surface area contributed by atoms with E-state index in [0.717, 1.165) is 22.3 Å². The summed E-state index contributed by atoms with van der Waals surface area (Å²) >= 11 is 0. The summed E-state index contributed by atoms with van der Waals surface area (Å²) in [5, 5.41) is 9.33. The van der Waals surface area contributed by atoms with Crippen molar-refractivity contribution in [1.29, 1.82) is 0 Å².